The minimum atomic E-state index is -0.146. The second-order valence-corrected chi connectivity index (χ2v) is 7.31. The molecule has 1 N–H and O–H groups in total. The Kier molecular flexibility index (Phi) is 3.83. The third-order valence-corrected chi connectivity index (χ3v) is 5.80. The molecule has 3 aliphatic rings. The monoisotopic (exact) mass is 329 g/mol. The van der Waals surface area contributed by atoms with Gasteiger partial charge < -0.3 is 14.8 Å². The first kappa shape index (κ1) is 15.6. The Hall–Kier alpha value is -1.88. The normalized spacial score (nSPS) is 33.7. The van der Waals surface area contributed by atoms with Crippen LogP contribution in [0.1, 0.15) is 33.1 Å². The molecule has 3 fully saturated rings. The number of ether oxygens (including phenoxy) is 2. The largest absolute Gasteiger partial charge is 0.426 e. The zero-order chi connectivity index (χ0) is 16.8. The highest BCUT2D eigenvalue weighted by molar-refractivity contribution is 5.92. The average Bonchev–Trinajstić information content (AvgIpc) is 3.19. The second kappa shape index (κ2) is 5.88. The van der Waals surface area contributed by atoms with Crippen LogP contribution in [-0.4, -0.2) is 24.1 Å². The Labute approximate surface area is 141 Å². The number of rotatable bonds is 5. The summed E-state index contributed by atoms with van der Waals surface area (Å²) in [7, 11) is 0. The van der Waals surface area contributed by atoms with Gasteiger partial charge in [0.05, 0.1) is 18.1 Å². The molecule has 0 spiro atoms. The van der Waals surface area contributed by atoms with E-state index in [0.717, 1.165) is 19.3 Å². The number of esters is 1. The maximum Gasteiger partial charge on any atom is 0.314 e. The van der Waals surface area contributed by atoms with Crippen LogP contribution in [0, 0.1) is 23.7 Å². The van der Waals surface area contributed by atoms with Gasteiger partial charge in [0.2, 0.25) is 5.91 Å². The van der Waals surface area contributed by atoms with Crippen LogP contribution < -0.4 is 10.1 Å². The topological polar surface area (TPSA) is 67.9 Å². The van der Waals surface area contributed by atoms with Crippen molar-refractivity contribution in [1.82, 2.24) is 0 Å². The van der Waals surface area contributed by atoms with Gasteiger partial charge in [-0.2, -0.15) is 0 Å². The first-order valence-electron chi connectivity index (χ1n) is 8.85. The number of carbonyl (C=O) groups excluding carboxylic acids is 2. The molecule has 0 radical (unpaired) electrons. The summed E-state index contributed by atoms with van der Waals surface area (Å²) < 4.78 is 11.1. The molecule has 1 aromatic rings. The predicted octanol–water partition coefficient (Wildman–Crippen LogP) is 3.00. The molecule has 1 aliphatic heterocycles. The first-order chi connectivity index (χ1) is 11.6. The minimum absolute atomic E-state index is 0.00298. The van der Waals surface area contributed by atoms with Crippen molar-refractivity contribution in [2.24, 2.45) is 23.7 Å². The van der Waals surface area contributed by atoms with Crippen molar-refractivity contribution >= 4 is 17.6 Å². The summed E-state index contributed by atoms with van der Waals surface area (Å²) in [5, 5.41) is 2.87. The number of hydrogen-bond donors (Lipinski definition) is 1. The van der Waals surface area contributed by atoms with Crippen LogP contribution in [0.5, 0.6) is 5.75 Å². The van der Waals surface area contributed by atoms with Crippen LogP contribution >= 0.6 is 0 Å². The van der Waals surface area contributed by atoms with E-state index in [9.17, 15) is 9.59 Å². The molecule has 1 aromatic carbocycles. The van der Waals surface area contributed by atoms with E-state index in [1.54, 1.807) is 24.3 Å². The van der Waals surface area contributed by atoms with Gasteiger partial charge in [-0.3, -0.25) is 9.59 Å². The Morgan fingerprint density at radius 3 is 2.62 bits per heavy atom. The molecule has 1 saturated heterocycles. The van der Waals surface area contributed by atoms with E-state index in [1.165, 1.54) is 0 Å². The molecule has 4 rings (SSSR count). The zero-order valence-electron chi connectivity index (χ0n) is 14.0. The lowest BCUT2D eigenvalue weighted by Gasteiger charge is -2.17. The van der Waals surface area contributed by atoms with Crippen LogP contribution in [0.25, 0.3) is 0 Å². The van der Waals surface area contributed by atoms with Crippen molar-refractivity contribution in [2.45, 2.75) is 45.3 Å². The SMILES string of the molecule is CCC(C)C(=O)Nc1ccc(OC(=O)C2CC3CC2C2OC32)cc1. The second-order valence-electron chi connectivity index (χ2n) is 7.31. The Morgan fingerprint density at radius 2 is 2.00 bits per heavy atom. The number of carbonyl (C=O) groups is 2. The number of hydrogen-bond acceptors (Lipinski definition) is 4. The van der Waals surface area contributed by atoms with Crippen LogP contribution in [0.2, 0.25) is 0 Å². The molecule has 2 saturated carbocycles. The summed E-state index contributed by atoms with van der Waals surface area (Å²) in [6, 6.07) is 7.00. The van der Waals surface area contributed by atoms with Crippen LogP contribution in [0.15, 0.2) is 24.3 Å². The molecular weight excluding hydrogens is 306 g/mol. The highest BCUT2D eigenvalue weighted by Gasteiger charge is 2.64. The van der Waals surface area contributed by atoms with Gasteiger partial charge in [-0.1, -0.05) is 13.8 Å². The van der Waals surface area contributed by atoms with Gasteiger partial charge in [0.1, 0.15) is 5.75 Å². The van der Waals surface area contributed by atoms with Gasteiger partial charge in [0.15, 0.2) is 0 Å². The number of fused-ring (bicyclic) bond motifs is 5. The van der Waals surface area contributed by atoms with Gasteiger partial charge >= 0.3 is 5.97 Å². The fourth-order valence-electron chi connectivity index (χ4n) is 4.12. The Bertz CT molecular complexity index is 656. The van der Waals surface area contributed by atoms with E-state index in [4.69, 9.17) is 9.47 Å². The lowest BCUT2D eigenvalue weighted by molar-refractivity contribution is -0.140. The fraction of sp³-hybridized carbons (Fsp3) is 0.579. The van der Waals surface area contributed by atoms with E-state index < -0.39 is 0 Å². The summed E-state index contributed by atoms with van der Waals surface area (Å²) in [4.78, 5) is 24.3. The fourth-order valence-corrected chi connectivity index (χ4v) is 4.12. The third kappa shape index (κ3) is 2.71. The summed E-state index contributed by atoms with van der Waals surface area (Å²) in [5.41, 5.74) is 0.717. The molecule has 6 unspecified atom stereocenters. The van der Waals surface area contributed by atoms with E-state index in [-0.39, 0.29) is 23.7 Å². The van der Waals surface area contributed by atoms with Crippen molar-refractivity contribution in [3.05, 3.63) is 24.3 Å². The highest BCUT2D eigenvalue weighted by Crippen LogP contribution is 2.59. The summed E-state index contributed by atoms with van der Waals surface area (Å²) in [5.74, 6) is 1.24. The lowest BCUT2D eigenvalue weighted by Crippen LogP contribution is -2.29. The summed E-state index contributed by atoms with van der Waals surface area (Å²) in [6.45, 7) is 3.88. The molecule has 2 aliphatic carbocycles. The quantitative estimate of drug-likeness (QED) is 0.512. The predicted molar refractivity (Wildman–Crippen MR) is 88.5 cm³/mol. The third-order valence-electron chi connectivity index (χ3n) is 5.80. The smallest absolute Gasteiger partial charge is 0.314 e. The molecule has 5 heteroatoms. The number of amides is 1. The average molecular weight is 329 g/mol. The molecule has 2 bridgehead atoms. The van der Waals surface area contributed by atoms with Crippen molar-refractivity contribution in [3.63, 3.8) is 0 Å². The molecule has 1 amide bonds. The van der Waals surface area contributed by atoms with Crippen LogP contribution in [0.4, 0.5) is 5.69 Å². The lowest BCUT2D eigenvalue weighted by atomic mass is 9.89. The molecule has 24 heavy (non-hydrogen) atoms. The van der Waals surface area contributed by atoms with Gasteiger partial charge in [0, 0.05) is 17.5 Å². The van der Waals surface area contributed by atoms with Crippen molar-refractivity contribution in [1.29, 1.82) is 0 Å². The molecule has 0 aromatic heterocycles. The Balaban J connectivity index is 1.34. The van der Waals surface area contributed by atoms with Crippen molar-refractivity contribution < 1.29 is 19.1 Å². The molecule has 5 nitrogen and oxygen atoms in total. The first-order valence-corrected chi connectivity index (χ1v) is 8.85. The maximum atomic E-state index is 12.4. The number of epoxide rings is 1. The van der Waals surface area contributed by atoms with Crippen molar-refractivity contribution in [2.75, 3.05) is 5.32 Å². The number of benzene rings is 1. The molecular formula is C19H23NO4. The summed E-state index contributed by atoms with van der Waals surface area (Å²) >= 11 is 0. The highest BCUT2D eigenvalue weighted by atomic mass is 16.6. The Morgan fingerprint density at radius 1 is 1.25 bits per heavy atom. The van der Waals surface area contributed by atoms with Gasteiger partial charge in [0.25, 0.3) is 0 Å². The minimum Gasteiger partial charge on any atom is -0.426 e. The van der Waals surface area contributed by atoms with Gasteiger partial charge in [-0.05, 0) is 49.4 Å². The standard InChI is InChI=1S/C19H23NO4/c1-3-10(2)18(21)20-12-4-6-13(7-5-12)23-19(22)15-9-11-8-14(15)17-16(11)24-17/h4-7,10-11,14-17H,3,8-9H2,1-2H3,(H,20,21). The van der Waals surface area contributed by atoms with Crippen LogP contribution in [-0.2, 0) is 14.3 Å². The van der Waals surface area contributed by atoms with Crippen molar-refractivity contribution in [3.8, 4) is 5.75 Å². The number of anilines is 1. The number of nitrogens with one attached hydrogen (secondary N) is 1. The molecule has 6 atom stereocenters. The summed E-state index contributed by atoms with van der Waals surface area (Å²) in [6.07, 6.45) is 3.53. The maximum absolute atomic E-state index is 12.4. The van der Waals surface area contributed by atoms with E-state index >= 15 is 0 Å². The van der Waals surface area contributed by atoms with E-state index in [2.05, 4.69) is 5.32 Å². The van der Waals surface area contributed by atoms with Gasteiger partial charge in [-0.25, -0.2) is 0 Å². The van der Waals surface area contributed by atoms with Crippen LogP contribution in [0.3, 0.4) is 0 Å². The van der Waals surface area contributed by atoms with E-state index in [1.807, 2.05) is 13.8 Å². The zero-order valence-corrected chi connectivity index (χ0v) is 14.0. The van der Waals surface area contributed by atoms with Gasteiger partial charge in [-0.15, -0.1) is 0 Å². The molecule has 1 heterocycles. The van der Waals surface area contributed by atoms with E-state index in [0.29, 0.717) is 35.5 Å². The molecule has 128 valence electrons.